The molecule has 1 unspecified atom stereocenters. The van der Waals surface area contributed by atoms with Crippen molar-refractivity contribution in [3.8, 4) is 0 Å². The van der Waals surface area contributed by atoms with Gasteiger partial charge in [-0.3, -0.25) is 0 Å². The van der Waals surface area contributed by atoms with Crippen molar-refractivity contribution in [2.45, 2.75) is 45.7 Å². The molecule has 0 saturated carbocycles. The van der Waals surface area contributed by atoms with Gasteiger partial charge in [-0.15, -0.1) is 0 Å². The van der Waals surface area contributed by atoms with Crippen molar-refractivity contribution >= 4 is 17.6 Å². The number of hydrogen-bond donors (Lipinski definition) is 1. The van der Waals surface area contributed by atoms with E-state index in [1.165, 1.54) is 35.6 Å². The van der Waals surface area contributed by atoms with Crippen molar-refractivity contribution < 1.29 is 0 Å². The topological polar surface area (TPSA) is 28.2 Å². The molecule has 4 heteroatoms. The van der Waals surface area contributed by atoms with Crippen molar-refractivity contribution in [3.05, 3.63) is 23.4 Å². The third-order valence-electron chi connectivity index (χ3n) is 3.86. The summed E-state index contributed by atoms with van der Waals surface area (Å²) in [4.78, 5) is 7.19. The lowest BCUT2D eigenvalue weighted by atomic mass is 10.1. The first kappa shape index (κ1) is 15.6. The van der Waals surface area contributed by atoms with Crippen LogP contribution in [0.2, 0.25) is 0 Å². The lowest BCUT2D eigenvalue weighted by Crippen LogP contribution is -2.32. The summed E-state index contributed by atoms with van der Waals surface area (Å²) < 4.78 is 0. The third-order valence-corrected chi connectivity index (χ3v) is 5.00. The molecular weight excluding hydrogens is 266 g/mol. The van der Waals surface area contributed by atoms with Gasteiger partial charge in [0.2, 0.25) is 0 Å². The number of anilines is 1. The van der Waals surface area contributed by atoms with Gasteiger partial charge in [0.15, 0.2) is 0 Å². The van der Waals surface area contributed by atoms with Gasteiger partial charge >= 0.3 is 0 Å². The van der Waals surface area contributed by atoms with Gasteiger partial charge in [0.1, 0.15) is 5.82 Å². The van der Waals surface area contributed by atoms with Crippen molar-refractivity contribution in [1.82, 2.24) is 10.3 Å². The van der Waals surface area contributed by atoms with Gasteiger partial charge in [0.05, 0.1) is 0 Å². The first-order valence-corrected chi connectivity index (χ1v) is 8.91. The smallest absolute Gasteiger partial charge is 0.129 e. The molecule has 0 spiro atoms. The molecule has 0 amide bonds. The van der Waals surface area contributed by atoms with Crippen molar-refractivity contribution in [2.24, 2.45) is 0 Å². The predicted molar refractivity (Wildman–Crippen MR) is 89.7 cm³/mol. The normalized spacial score (nSPS) is 18.4. The molecule has 1 N–H and O–H groups in total. The van der Waals surface area contributed by atoms with Gasteiger partial charge in [0.25, 0.3) is 0 Å². The Balaban J connectivity index is 2.11. The lowest BCUT2D eigenvalue weighted by molar-refractivity contribution is 0.668. The molecule has 1 aromatic heterocycles. The van der Waals surface area contributed by atoms with Gasteiger partial charge < -0.3 is 10.2 Å². The van der Waals surface area contributed by atoms with E-state index in [0.29, 0.717) is 6.04 Å². The Hall–Kier alpha value is -0.740. The van der Waals surface area contributed by atoms with E-state index in [9.17, 15) is 0 Å². The minimum atomic E-state index is 0.649. The first-order valence-electron chi connectivity index (χ1n) is 7.75. The molecule has 0 bridgehead atoms. The summed E-state index contributed by atoms with van der Waals surface area (Å²) in [5.74, 6) is 3.66. The second-order valence-corrected chi connectivity index (χ2v) is 6.63. The van der Waals surface area contributed by atoms with Crippen LogP contribution in [0.3, 0.4) is 0 Å². The van der Waals surface area contributed by atoms with Gasteiger partial charge in [0, 0.05) is 31.1 Å². The minimum Gasteiger partial charge on any atom is -0.356 e. The molecule has 1 aliphatic heterocycles. The Labute approximate surface area is 127 Å². The molecule has 1 atom stereocenters. The number of nitrogens with one attached hydrogen (secondary N) is 1. The average molecular weight is 293 g/mol. The van der Waals surface area contributed by atoms with E-state index in [0.717, 1.165) is 25.3 Å². The Morgan fingerprint density at radius 2 is 2.25 bits per heavy atom. The summed E-state index contributed by atoms with van der Waals surface area (Å²) in [6.45, 7) is 6.41. The molecule has 1 aromatic rings. The number of nitrogens with zero attached hydrogens (tertiary/aromatic N) is 2. The molecule has 0 aliphatic carbocycles. The van der Waals surface area contributed by atoms with Crippen LogP contribution in [0.25, 0.3) is 0 Å². The molecule has 2 rings (SSSR count). The van der Waals surface area contributed by atoms with E-state index in [4.69, 9.17) is 4.98 Å². The fraction of sp³-hybridized carbons (Fsp3) is 0.688. The number of aryl methyl sites for hydroxylation is 1. The zero-order chi connectivity index (χ0) is 14.4. The SMILES string of the molecule is CCCNCc1cc(CC)nc(N(C)C2CCSC2)c1. The van der Waals surface area contributed by atoms with Crippen molar-refractivity contribution in [3.63, 3.8) is 0 Å². The number of thioether (sulfide) groups is 1. The average Bonchev–Trinajstić information content (AvgIpc) is 3.00. The van der Waals surface area contributed by atoms with Gasteiger partial charge in [-0.2, -0.15) is 11.8 Å². The highest BCUT2D eigenvalue weighted by molar-refractivity contribution is 7.99. The summed E-state index contributed by atoms with van der Waals surface area (Å²) in [7, 11) is 2.20. The highest BCUT2D eigenvalue weighted by Crippen LogP contribution is 2.25. The van der Waals surface area contributed by atoms with Crippen LogP contribution in [0.5, 0.6) is 0 Å². The number of hydrogen-bond acceptors (Lipinski definition) is 4. The van der Waals surface area contributed by atoms with Crippen LogP contribution in [0, 0.1) is 0 Å². The predicted octanol–water partition coefficient (Wildman–Crippen LogP) is 3.09. The van der Waals surface area contributed by atoms with Crippen molar-refractivity contribution in [1.29, 1.82) is 0 Å². The van der Waals surface area contributed by atoms with Crippen LogP contribution in [-0.2, 0) is 13.0 Å². The molecule has 0 radical (unpaired) electrons. The Morgan fingerprint density at radius 1 is 1.40 bits per heavy atom. The van der Waals surface area contributed by atoms with Crippen molar-refractivity contribution in [2.75, 3.05) is 30.0 Å². The van der Waals surface area contributed by atoms with Crippen LogP contribution in [0.4, 0.5) is 5.82 Å². The summed E-state index contributed by atoms with van der Waals surface area (Å²) in [6, 6.07) is 5.14. The molecule has 112 valence electrons. The fourth-order valence-corrected chi connectivity index (χ4v) is 3.79. The first-order chi connectivity index (χ1) is 9.74. The highest BCUT2D eigenvalue weighted by Gasteiger charge is 2.21. The van der Waals surface area contributed by atoms with E-state index in [2.05, 4.69) is 55.0 Å². The summed E-state index contributed by atoms with van der Waals surface area (Å²) in [6.07, 6.45) is 3.46. The van der Waals surface area contributed by atoms with Crippen LogP contribution in [-0.4, -0.2) is 36.1 Å². The minimum absolute atomic E-state index is 0.649. The maximum atomic E-state index is 4.81. The van der Waals surface area contributed by atoms with Crippen LogP contribution in [0.1, 0.15) is 37.9 Å². The van der Waals surface area contributed by atoms with Gasteiger partial charge in [-0.25, -0.2) is 4.98 Å². The van der Waals surface area contributed by atoms with Crippen LogP contribution < -0.4 is 10.2 Å². The van der Waals surface area contributed by atoms with E-state index < -0.39 is 0 Å². The molecular formula is C16H27N3S. The monoisotopic (exact) mass is 293 g/mol. The number of pyridine rings is 1. The van der Waals surface area contributed by atoms with E-state index in [1.807, 2.05) is 0 Å². The summed E-state index contributed by atoms with van der Waals surface area (Å²) in [5.41, 5.74) is 2.56. The second-order valence-electron chi connectivity index (χ2n) is 5.48. The molecule has 3 nitrogen and oxygen atoms in total. The molecule has 2 heterocycles. The highest BCUT2D eigenvalue weighted by atomic mass is 32.2. The second kappa shape index (κ2) is 7.89. The third kappa shape index (κ3) is 4.13. The van der Waals surface area contributed by atoms with Crippen LogP contribution in [0.15, 0.2) is 12.1 Å². The zero-order valence-electron chi connectivity index (χ0n) is 13.0. The number of rotatable bonds is 7. The molecule has 1 fully saturated rings. The molecule has 1 aliphatic rings. The van der Waals surface area contributed by atoms with E-state index in [-0.39, 0.29) is 0 Å². The molecule has 0 aromatic carbocycles. The Kier molecular flexibility index (Phi) is 6.17. The molecule has 1 saturated heterocycles. The standard InChI is InChI=1S/C16H27N3S/c1-4-7-17-11-13-9-14(5-2)18-16(10-13)19(3)15-6-8-20-12-15/h9-10,15,17H,4-8,11-12H2,1-3H3. The summed E-state index contributed by atoms with van der Waals surface area (Å²) >= 11 is 2.05. The Bertz CT molecular complexity index is 416. The maximum Gasteiger partial charge on any atom is 0.129 e. The fourth-order valence-electron chi connectivity index (χ4n) is 2.52. The Morgan fingerprint density at radius 3 is 2.90 bits per heavy atom. The van der Waals surface area contributed by atoms with E-state index >= 15 is 0 Å². The lowest BCUT2D eigenvalue weighted by Gasteiger charge is -2.26. The number of aromatic nitrogens is 1. The maximum absolute atomic E-state index is 4.81. The zero-order valence-corrected chi connectivity index (χ0v) is 13.8. The van der Waals surface area contributed by atoms with Gasteiger partial charge in [-0.1, -0.05) is 13.8 Å². The largest absolute Gasteiger partial charge is 0.356 e. The van der Waals surface area contributed by atoms with E-state index in [1.54, 1.807) is 0 Å². The quantitative estimate of drug-likeness (QED) is 0.782. The van der Waals surface area contributed by atoms with Crippen LogP contribution >= 0.6 is 11.8 Å². The summed E-state index contributed by atoms with van der Waals surface area (Å²) in [5, 5.41) is 3.49. The molecule has 20 heavy (non-hydrogen) atoms. The van der Waals surface area contributed by atoms with Gasteiger partial charge in [-0.05, 0) is 49.3 Å².